The maximum absolute atomic E-state index is 15.9. The number of ketones is 4. The predicted octanol–water partition coefficient (Wildman–Crippen LogP) is 15.8. The van der Waals surface area contributed by atoms with Crippen LogP contribution in [-0.4, -0.2) is 47.0 Å². The van der Waals surface area contributed by atoms with Gasteiger partial charge in [0.1, 0.15) is 37.9 Å². The van der Waals surface area contributed by atoms with E-state index < -0.39 is 58.2 Å². The van der Waals surface area contributed by atoms with Gasteiger partial charge in [-0.15, -0.1) is 45.3 Å². The SMILES string of the molecule is O=C1C(=Cc2cc3c(s2)-c2sc4c5c(sc4c2C(C(=O)OCc2ccccc2)(C(=O)OCc2ccccc2)O3)-c2sc(C=C3C(=O)c4cc6ccccc6cc4C3=O)cc2OC5(C(=O)OCc2ccccc2)C(=O)OCc2ccccc2)C(=O)c2cc3ccccc3cc21. The highest BCUT2D eigenvalue weighted by Gasteiger charge is 2.64. The number of hydrogen-bond acceptors (Lipinski definition) is 18. The van der Waals surface area contributed by atoms with Gasteiger partial charge in [-0.05, 0) is 92.3 Å². The van der Waals surface area contributed by atoms with Crippen LogP contribution < -0.4 is 9.47 Å². The Labute approximate surface area is 550 Å². The first-order valence-corrected chi connectivity index (χ1v) is 32.9. The highest BCUT2D eigenvalue weighted by Crippen LogP contribution is 2.64. The van der Waals surface area contributed by atoms with Crippen LogP contribution >= 0.6 is 45.3 Å². The number of hydrogen-bond donors (Lipinski definition) is 0. The Hall–Kier alpha value is -11.0. The third kappa shape index (κ3) is 9.54. The smallest absolute Gasteiger partial charge is 0.367 e. The van der Waals surface area contributed by atoms with Crippen molar-refractivity contribution in [2.45, 2.75) is 37.6 Å². The first-order valence-electron chi connectivity index (χ1n) is 29.6. The van der Waals surface area contributed by atoms with Crippen molar-refractivity contribution in [3.63, 3.8) is 0 Å². The van der Waals surface area contributed by atoms with Crippen molar-refractivity contribution in [3.8, 4) is 31.0 Å². The Morgan fingerprint density at radius 3 is 0.883 bits per heavy atom. The standard InChI is InChI=1S/C76H44O14S4/c77-61-51-29-45-25-13-14-26-46(45)30-52(51)62(78)55(61)33-49-35-57-65(91-49)67-59(75(89-57,71(81)85-37-41-17-5-1-6-18-41)72(82)86-38-42-19-7-2-8-20-42)69-70(93-67)60-68(94-69)66-58(36-50(92-66)34-56-63(79)53-31-47-27-15-16-28-48(47)32-54(53)64(56)80)90-76(60,73(83)87-39-43-21-9-3-10-22-43)74(84)88-40-44-23-11-4-12-24-44/h1-36H,37-40H2. The van der Waals surface area contributed by atoms with Crippen molar-refractivity contribution in [2.75, 3.05) is 0 Å². The first-order chi connectivity index (χ1) is 45.8. The fourth-order valence-corrected chi connectivity index (χ4v) is 17.7. The van der Waals surface area contributed by atoms with Gasteiger partial charge in [0.2, 0.25) is 0 Å². The second-order valence-electron chi connectivity index (χ2n) is 22.7. The van der Waals surface area contributed by atoms with Crippen LogP contribution in [0.2, 0.25) is 0 Å². The number of allylic oxidation sites excluding steroid dienone is 2. The van der Waals surface area contributed by atoms with Crippen LogP contribution in [0.25, 0.3) is 62.6 Å². The molecule has 0 atom stereocenters. The van der Waals surface area contributed by atoms with Crippen LogP contribution in [0.5, 0.6) is 11.5 Å². The van der Waals surface area contributed by atoms with Gasteiger partial charge in [0.25, 0.3) is 0 Å². The average Bonchev–Trinajstić information content (AvgIpc) is 1.50. The Kier molecular flexibility index (Phi) is 14.2. The van der Waals surface area contributed by atoms with Gasteiger partial charge in [-0.25, -0.2) is 19.2 Å². The number of ether oxygens (including phenoxy) is 6. The van der Waals surface area contributed by atoms with Crippen molar-refractivity contribution in [2.24, 2.45) is 0 Å². The van der Waals surface area contributed by atoms with E-state index in [2.05, 4.69) is 0 Å². The minimum Gasteiger partial charge on any atom is -0.458 e. The van der Waals surface area contributed by atoms with Crippen LogP contribution in [-0.2, 0) is 75.8 Å². The summed E-state index contributed by atoms with van der Waals surface area (Å²) in [5.41, 5.74) is -2.71. The van der Waals surface area contributed by atoms with E-state index in [1.54, 1.807) is 146 Å². The lowest BCUT2D eigenvalue weighted by Crippen LogP contribution is -2.52. The highest BCUT2D eigenvalue weighted by atomic mass is 32.1. The van der Waals surface area contributed by atoms with Crippen LogP contribution in [0.1, 0.15) is 84.6 Å². The third-order valence-corrected chi connectivity index (χ3v) is 21.9. The molecule has 0 unspecified atom stereocenters. The number of carbonyl (C=O) groups excluding carboxylic acids is 8. The molecule has 0 amide bonds. The Balaban J connectivity index is 0.921. The van der Waals surface area contributed by atoms with Crippen molar-refractivity contribution >= 4 is 135 Å². The summed E-state index contributed by atoms with van der Waals surface area (Å²) in [6, 6.07) is 60.0. The molecule has 8 aromatic carbocycles. The van der Waals surface area contributed by atoms with E-state index in [1.807, 2.05) is 48.5 Å². The summed E-state index contributed by atoms with van der Waals surface area (Å²) in [7, 11) is 0. The minimum absolute atomic E-state index is 0.0156. The molecule has 16 rings (SSSR count). The Morgan fingerprint density at radius 1 is 0.340 bits per heavy atom. The van der Waals surface area contributed by atoms with Gasteiger partial charge in [-0.3, -0.25) is 19.2 Å². The number of benzene rings is 8. The van der Waals surface area contributed by atoms with Crippen LogP contribution in [0.3, 0.4) is 0 Å². The van der Waals surface area contributed by atoms with Gasteiger partial charge in [-0.2, -0.15) is 0 Å². The summed E-state index contributed by atoms with van der Waals surface area (Å²) < 4.78 is 39.2. The molecule has 0 spiro atoms. The molecule has 0 fully saturated rings. The first kappa shape index (κ1) is 58.1. The van der Waals surface area contributed by atoms with Crippen molar-refractivity contribution in [1.82, 2.24) is 0 Å². The summed E-state index contributed by atoms with van der Waals surface area (Å²) in [6.07, 6.45) is 2.93. The molecule has 0 bridgehead atoms. The van der Waals surface area contributed by atoms with Gasteiger partial charge in [0, 0.05) is 32.0 Å². The monoisotopic (exact) mass is 1310 g/mol. The summed E-state index contributed by atoms with van der Waals surface area (Å²) >= 11 is 4.27. The number of carbonyl (C=O) groups is 8. The quantitative estimate of drug-likeness (QED) is 0.0328. The minimum atomic E-state index is -2.82. The average molecular weight is 1310 g/mol. The zero-order valence-electron chi connectivity index (χ0n) is 49.0. The van der Waals surface area contributed by atoms with E-state index in [-0.39, 0.29) is 102 Å². The third-order valence-electron chi connectivity index (χ3n) is 16.9. The number of esters is 4. The van der Waals surface area contributed by atoms with Gasteiger partial charge in [0.15, 0.2) is 23.1 Å². The van der Waals surface area contributed by atoms with E-state index in [9.17, 15) is 19.2 Å². The number of rotatable bonds is 14. The molecule has 0 N–H and O–H groups in total. The van der Waals surface area contributed by atoms with Crippen LogP contribution in [0.4, 0.5) is 0 Å². The summed E-state index contributed by atoms with van der Waals surface area (Å²) in [5.74, 6) is -6.73. The normalized spacial score (nSPS) is 14.5. The largest absolute Gasteiger partial charge is 0.458 e. The molecule has 94 heavy (non-hydrogen) atoms. The molecule has 14 nitrogen and oxygen atoms in total. The number of fused-ring (bicyclic) bond motifs is 13. The second kappa shape index (κ2) is 23.0. The molecule has 4 aromatic heterocycles. The molecular formula is C76H44O14S4. The lowest BCUT2D eigenvalue weighted by Gasteiger charge is -2.33. The topological polar surface area (TPSA) is 192 Å². The van der Waals surface area contributed by atoms with Crippen LogP contribution in [0.15, 0.2) is 217 Å². The Bertz CT molecular complexity index is 4770. The van der Waals surface area contributed by atoms with E-state index in [0.29, 0.717) is 41.8 Å². The molecule has 2 aliphatic heterocycles. The van der Waals surface area contributed by atoms with Crippen molar-refractivity contribution < 1.29 is 66.8 Å². The van der Waals surface area contributed by atoms with Crippen molar-refractivity contribution in [3.05, 3.63) is 283 Å². The van der Waals surface area contributed by atoms with E-state index in [1.165, 1.54) is 24.3 Å². The molecule has 4 aliphatic rings. The molecule has 12 aromatic rings. The van der Waals surface area contributed by atoms with Gasteiger partial charge >= 0.3 is 35.1 Å². The highest BCUT2D eigenvalue weighted by molar-refractivity contribution is 7.34. The molecule has 0 saturated carbocycles. The molecule has 0 radical (unpaired) electrons. The lowest BCUT2D eigenvalue weighted by molar-refractivity contribution is -0.184. The molecule has 6 heterocycles. The van der Waals surface area contributed by atoms with E-state index in [0.717, 1.165) is 66.9 Å². The molecule has 2 aliphatic carbocycles. The molecular weight excluding hydrogens is 1270 g/mol. The van der Waals surface area contributed by atoms with Crippen LogP contribution in [0, 0.1) is 0 Å². The summed E-state index contributed by atoms with van der Waals surface area (Å²) in [6.45, 7) is -1.30. The maximum Gasteiger partial charge on any atom is 0.367 e. The zero-order valence-corrected chi connectivity index (χ0v) is 52.2. The summed E-state index contributed by atoms with van der Waals surface area (Å²) in [4.78, 5) is 123. The Morgan fingerprint density at radius 2 is 0.606 bits per heavy atom. The van der Waals surface area contributed by atoms with E-state index in [4.69, 9.17) is 28.4 Å². The fourth-order valence-electron chi connectivity index (χ4n) is 12.3. The van der Waals surface area contributed by atoms with Crippen molar-refractivity contribution in [1.29, 1.82) is 0 Å². The lowest BCUT2D eigenvalue weighted by atomic mass is 9.88. The zero-order chi connectivity index (χ0) is 64.0. The van der Waals surface area contributed by atoms with Gasteiger partial charge in [0.05, 0.1) is 51.2 Å². The predicted molar refractivity (Wildman–Crippen MR) is 357 cm³/mol. The maximum atomic E-state index is 15.9. The molecule has 456 valence electrons. The number of thiophene rings is 4. The van der Waals surface area contributed by atoms with E-state index >= 15 is 19.2 Å². The second-order valence-corrected chi connectivity index (χ2v) is 26.9. The number of Topliss-reactive ketones (excluding diaryl/α,β-unsaturated/α-hetero) is 4. The molecule has 18 heteroatoms. The van der Waals surface area contributed by atoms with Gasteiger partial charge < -0.3 is 28.4 Å². The molecule has 0 saturated heterocycles. The fraction of sp³-hybridized carbons (Fsp3) is 0.0789. The van der Waals surface area contributed by atoms with Gasteiger partial charge in [-0.1, -0.05) is 170 Å². The summed E-state index contributed by atoms with van der Waals surface area (Å²) in [5, 5.41) is 3.11.